The van der Waals surface area contributed by atoms with E-state index in [0.717, 1.165) is 16.5 Å². The van der Waals surface area contributed by atoms with Crippen LogP contribution in [0.3, 0.4) is 0 Å². The van der Waals surface area contributed by atoms with Crippen LogP contribution < -0.4 is 0 Å². The van der Waals surface area contributed by atoms with Gasteiger partial charge in [0.1, 0.15) is 0 Å². The second-order valence-corrected chi connectivity index (χ2v) is 4.62. The number of nitrogens with zero attached hydrogens (tertiary/aromatic N) is 1. The van der Waals surface area contributed by atoms with Crippen molar-refractivity contribution in [2.24, 2.45) is 7.05 Å². The van der Waals surface area contributed by atoms with E-state index in [1.807, 2.05) is 72.4 Å². The lowest BCUT2D eigenvalue weighted by Crippen LogP contribution is -1.93. The van der Waals surface area contributed by atoms with E-state index in [1.165, 1.54) is 0 Å². The number of rotatable bonds is 1. The van der Waals surface area contributed by atoms with Gasteiger partial charge in [-0.15, -0.1) is 0 Å². The zero-order valence-corrected chi connectivity index (χ0v) is 11.1. The summed E-state index contributed by atoms with van der Waals surface area (Å²) >= 11 is 0. The van der Waals surface area contributed by atoms with E-state index in [0.29, 0.717) is 5.56 Å². The lowest BCUT2D eigenvalue weighted by Gasteiger charge is -1.93. The summed E-state index contributed by atoms with van der Waals surface area (Å²) in [4.78, 5) is 12.3. The summed E-state index contributed by atoms with van der Waals surface area (Å²) in [5.41, 5.74) is 2.55. The number of aryl methyl sites for hydroxylation is 1. The number of aromatic nitrogens is 1. The number of hydrogen-bond donors (Lipinski definition) is 0. The lowest BCUT2D eigenvalue weighted by molar-refractivity contribution is 0.105. The van der Waals surface area contributed by atoms with Gasteiger partial charge in [0.05, 0.1) is 5.56 Å². The molecule has 0 radical (unpaired) electrons. The van der Waals surface area contributed by atoms with Crippen molar-refractivity contribution in [2.75, 3.05) is 0 Å². The third-order valence-corrected chi connectivity index (χ3v) is 3.24. The Morgan fingerprint density at radius 2 is 1.70 bits per heavy atom. The number of hydrogen-bond acceptors (Lipinski definition) is 1. The Bertz CT molecular complexity index is 832. The fourth-order valence-corrected chi connectivity index (χ4v) is 2.24. The molecule has 0 atom stereocenters. The summed E-state index contributed by atoms with van der Waals surface area (Å²) in [6.07, 6.45) is 1.84. The quantitative estimate of drug-likeness (QED) is 0.485. The van der Waals surface area contributed by atoms with Gasteiger partial charge in [0.15, 0.2) is 0 Å². The maximum absolute atomic E-state index is 12.3. The Kier molecular flexibility index (Phi) is 3.10. The molecule has 0 unspecified atom stereocenters. The standard InChI is InChI=1S/C18H13NO/c1-19-13-16(15-9-5-6-10-17(15)19)18(20)12-11-14-7-3-2-4-8-14/h2-10,13H,1H3. The molecule has 3 aromatic rings. The highest BCUT2D eigenvalue weighted by Gasteiger charge is 2.11. The summed E-state index contributed by atoms with van der Waals surface area (Å²) in [5.74, 6) is 5.48. The molecule has 0 spiro atoms. The van der Waals surface area contributed by atoms with Gasteiger partial charge in [0.25, 0.3) is 0 Å². The van der Waals surface area contributed by atoms with Gasteiger partial charge in [-0.05, 0) is 24.1 Å². The summed E-state index contributed by atoms with van der Waals surface area (Å²) in [5, 5.41) is 0.947. The third-order valence-electron chi connectivity index (χ3n) is 3.24. The molecule has 0 saturated heterocycles. The molecule has 96 valence electrons. The van der Waals surface area contributed by atoms with E-state index in [-0.39, 0.29) is 5.78 Å². The summed E-state index contributed by atoms with van der Waals surface area (Å²) in [7, 11) is 1.93. The average Bonchev–Trinajstić information content (AvgIpc) is 2.84. The Hall–Kier alpha value is -2.79. The first-order chi connectivity index (χ1) is 9.75. The van der Waals surface area contributed by atoms with Gasteiger partial charge in [0, 0.05) is 29.7 Å². The Morgan fingerprint density at radius 1 is 1.00 bits per heavy atom. The molecule has 0 aliphatic heterocycles. The maximum atomic E-state index is 12.3. The number of carbonyl (C=O) groups is 1. The number of fused-ring (bicyclic) bond motifs is 1. The first kappa shape index (κ1) is 12.3. The van der Waals surface area contributed by atoms with Crippen LogP contribution in [-0.2, 0) is 7.05 Å². The fourth-order valence-electron chi connectivity index (χ4n) is 2.24. The number of Topliss-reactive ketones (excluding diaryl/α,β-unsaturated/α-hetero) is 1. The number of ketones is 1. The molecule has 1 aromatic heterocycles. The van der Waals surface area contributed by atoms with Gasteiger partial charge < -0.3 is 4.57 Å². The van der Waals surface area contributed by atoms with Gasteiger partial charge in [-0.1, -0.05) is 42.3 Å². The molecule has 0 N–H and O–H groups in total. The Morgan fingerprint density at radius 3 is 2.50 bits per heavy atom. The van der Waals surface area contributed by atoms with E-state index in [2.05, 4.69) is 11.8 Å². The van der Waals surface area contributed by atoms with Crippen LogP contribution in [0.5, 0.6) is 0 Å². The van der Waals surface area contributed by atoms with Crippen molar-refractivity contribution in [3.63, 3.8) is 0 Å². The van der Waals surface area contributed by atoms with Crippen LogP contribution in [0.1, 0.15) is 15.9 Å². The van der Waals surface area contributed by atoms with Gasteiger partial charge in [0.2, 0.25) is 5.78 Å². The molecule has 0 aliphatic carbocycles. The van der Waals surface area contributed by atoms with Crippen molar-refractivity contribution in [2.45, 2.75) is 0 Å². The minimum absolute atomic E-state index is 0.148. The van der Waals surface area contributed by atoms with E-state index < -0.39 is 0 Å². The topological polar surface area (TPSA) is 22.0 Å². The molecule has 3 rings (SSSR count). The zero-order valence-electron chi connectivity index (χ0n) is 11.1. The Labute approximate surface area is 117 Å². The average molecular weight is 259 g/mol. The van der Waals surface area contributed by atoms with Crippen molar-refractivity contribution >= 4 is 16.7 Å². The Balaban J connectivity index is 2.00. The monoisotopic (exact) mass is 259 g/mol. The number of para-hydroxylation sites is 1. The molecule has 2 heteroatoms. The van der Waals surface area contributed by atoms with Crippen molar-refractivity contribution in [1.29, 1.82) is 0 Å². The second-order valence-electron chi connectivity index (χ2n) is 4.62. The predicted octanol–water partition coefficient (Wildman–Crippen LogP) is 3.41. The van der Waals surface area contributed by atoms with Crippen LogP contribution in [0.25, 0.3) is 10.9 Å². The zero-order chi connectivity index (χ0) is 13.9. The van der Waals surface area contributed by atoms with Crippen LogP contribution >= 0.6 is 0 Å². The molecule has 0 bridgehead atoms. The molecule has 0 aliphatic rings. The predicted molar refractivity (Wildman–Crippen MR) is 80.6 cm³/mol. The highest BCUT2D eigenvalue weighted by molar-refractivity contribution is 6.16. The molecule has 0 saturated carbocycles. The highest BCUT2D eigenvalue weighted by atomic mass is 16.1. The van der Waals surface area contributed by atoms with E-state index in [4.69, 9.17) is 0 Å². The first-order valence-electron chi connectivity index (χ1n) is 6.41. The second kappa shape index (κ2) is 5.07. The molecular weight excluding hydrogens is 246 g/mol. The van der Waals surface area contributed by atoms with E-state index in [1.54, 1.807) is 0 Å². The van der Waals surface area contributed by atoms with Crippen LogP contribution in [0.2, 0.25) is 0 Å². The van der Waals surface area contributed by atoms with Gasteiger partial charge >= 0.3 is 0 Å². The minimum atomic E-state index is -0.148. The van der Waals surface area contributed by atoms with Crippen molar-refractivity contribution in [3.8, 4) is 11.8 Å². The first-order valence-corrected chi connectivity index (χ1v) is 6.41. The normalized spacial score (nSPS) is 10.1. The maximum Gasteiger partial charge on any atom is 0.238 e. The molecule has 0 amide bonds. The van der Waals surface area contributed by atoms with Crippen LogP contribution in [0, 0.1) is 11.8 Å². The van der Waals surface area contributed by atoms with Gasteiger partial charge in [-0.3, -0.25) is 4.79 Å². The molecule has 20 heavy (non-hydrogen) atoms. The van der Waals surface area contributed by atoms with Crippen LogP contribution in [-0.4, -0.2) is 10.4 Å². The largest absolute Gasteiger partial charge is 0.350 e. The summed E-state index contributed by atoms with van der Waals surface area (Å²) < 4.78 is 1.95. The van der Waals surface area contributed by atoms with E-state index >= 15 is 0 Å². The smallest absolute Gasteiger partial charge is 0.238 e. The molecular formula is C18H13NO. The number of benzene rings is 2. The summed E-state index contributed by atoms with van der Waals surface area (Å²) in [6, 6.07) is 17.4. The highest BCUT2D eigenvalue weighted by Crippen LogP contribution is 2.20. The van der Waals surface area contributed by atoms with Gasteiger partial charge in [-0.2, -0.15) is 0 Å². The molecule has 0 fully saturated rings. The van der Waals surface area contributed by atoms with Crippen molar-refractivity contribution in [1.82, 2.24) is 4.57 Å². The molecule has 2 nitrogen and oxygen atoms in total. The van der Waals surface area contributed by atoms with Crippen LogP contribution in [0.15, 0.2) is 60.8 Å². The van der Waals surface area contributed by atoms with E-state index in [9.17, 15) is 4.79 Å². The SMILES string of the molecule is Cn1cc(C(=O)C#Cc2ccccc2)c2ccccc21. The number of carbonyl (C=O) groups excluding carboxylic acids is 1. The molecule has 1 heterocycles. The fraction of sp³-hybridized carbons (Fsp3) is 0.0556. The van der Waals surface area contributed by atoms with Crippen molar-refractivity contribution < 1.29 is 4.79 Å². The third kappa shape index (κ3) is 2.22. The van der Waals surface area contributed by atoms with Crippen molar-refractivity contribution in [3.05, 3.63) is 71.9 Å². The lowest BCUT2D eigenvalue weighted by atomic mass is 10.1. The minimum Gasteiger partial charge on any atom is -0.350 e. The van der Waals surface area contributed by atoms with Crippen LogP contribution in [0.4, 0.5) is 0 Å². The van der Waals surface area contributed by atoms with Gasteiger partial charge in [-0.25, -0.2) is 0 Å². The summed E-state index contributed by atoms with van der Waals surface area (Å²) in [6.45, 7) is 0. The molecule has 2 aromatic carbocycles.